The van der Waals surface area contributed by atoms with Crippen molar-refractivity contribution >= 4 is 45.8 Å². The number of alkyl halides is 3. The molecule has 4 N–H and O–H groups in total. The molecule has 2 amide bonds. The number of hydrogen-bond donors (Lipinski definition) is 4. The highest BCUT2D eigenvalue weighted by Gasteiger charge is 2.35. The molecule has 0 radical (unpaired) electrons. The third kappa shape index (κ3) is 6.33. The Morgan fingerprint density at radius 1 is 1.26 bits per heavy atom. The van der Waals surface area contributed by atoms with Gasteiger partial charge >= 0.3 is 6.18 Å². The molecule has 0 aliphatic heterocycles. The Kier molecular flexibility index (Phi) is 8.59. The number of allylic oxidation sites excluding steroid dienone is 3. The van der Waals surface area contributed by atoms with Gasteiger partial charge in [-0.1, -0.05) is 17.2 Å². The van der Waals surface area contributed by atoms with Gasteiger partial charge in [0, 0.05) is 30.4 Å². The van der Waals surface area contributed by atoms with Crippen LogP contribution in [-0.2, 0) is 4.79 Å². The van der Waals surface area contributed by atoms with Gasteiger partial charge in [0.2, 0.25) is 0 Å². The van der Waals surface area contributed by atoms with Crippen molar-refractivity contribution in [1.82, 2.24) is 20.5 Å². The summed E-state index contributed by atoms with van der Waals surface area (Å²) in [5.74, 6) is -2.19. The zero-order valence-corrected chi connectivity index (χ0v) is 22.8. The SMILES string of the molecule is CC(C)=C(/C=C(/C(=O)Nc1c(O)cc2c(C)[nH]nc2c1C(=O)NC(C)C)N(C)c1ncccc1Cl)C(F)(F)F. The summed E-state index contributed by atoms with van der Waals surface area (Å²) in [6, 6.07) is 3.99. The summed E-state index contributed by atoms with van der Waals surface area (Å²) in [6.07, 6.45) is -2.75. The number of likely N-dealkylation sites (N-methyl/N-ethyl adjacent to an activating group) is 1. The fourth-order valence-corrected chi connectivity index (χ4v) is 4.07. The zero-order chi connectivity index (χ0) is 29.2. The molecule has 0 aliphatic rings. The molecule has 2 aromatic heterocycles. The number of nitrogens with one attached hydrogen (secondary N) is 3. The molecule has 2 heterocycles. The zero-order valence-electron chi connectivity index (χ0n) is 22.1. The molecule has 0 bridgehead atoms. The number of H-pyrrole nitrogens is 1. The molecular weight excluding hydrogens is 537 g/mol. The van der Waals surface area contributed by atoms with Crippen molar-refractivity contribution in [2.75, 3.05) is 17.3 Å². The number of phenols is 1. The van der Waals surface area contributed by atoms with E-state index in [0.29, 0.717) is 17.2 Å². The van der Waals surface area contributed by atoms with Gasteiger partial charge in [0.05, 0.1) is 21.8 Å². The van der Waals surface area contributed by atoms with Crippen LogP contribution in [0.3, 0.4) is 0 Å². The molecule has 0 atom stereocenters. The number of amides is 2. The molecule has 39 heavy (non-hydrogen) atoms. The average Bonchev–Trinajstić information content (AvgIpc) is 3.17. The minimum Gasteiger partial charge on any atom is -0.506 e. The van der Waals surface area contributed by atoms with Gasteiger partial charge in [-0.05, 0) is 58.9 Å². The highest BCUT2D eigenvalue weighted by Crippen LogP contribution is 2.37. The molecule has 13 heteroatoms. The van der Waals surface area contributed by atoms with E-state index >= 15 is 0 Å². The highest BCUT2D eigenvalue weighted by atomic mass is 35.5. The number of fused-ring (bicyclic) bond motifs is 1. The second-order valence-electron chi connectivity index (χ2n) is 9.28. The van der Waals surface area contributed by atoms with Crippen LogP contribution in [0.2, 0.25) is 5.02 Å². The molecule has 0 saturated carbocycles. The van der Waals surface area contributed by atoms with E-state index in [1.165, 1.54) is 45.3 Å². The summed E-state index contributed by atoms with van der Waals surface area (Å²) >= 11 is 6.22. The summed E-state index contributed by atoms with van der Waals surface area (Å²) in [6.45, 7) is 7.64. The molecule has 0 fully saturated rings. The van der Waals surface area contributed by atoms with Crippen LogP contribution in [0.25, 0.3) is 10.9 Å². The van der Waals surface area contributed by atoms with Crippen molar-refractivity contribution < 1.29 is 27.9 Å². The quantitative estimate of drug-likeness (QED) is 0.168. The number of halogens is 4. The maximum atomic E-state index is 13.9. The number of anilines is 2. The summed E-state index contributed by atoms with van der Waals surface area (Å²) in [5.41, 5.74) is -1.43. The van der Waals surface area contributed by atoms with Crippen molar-refractivity contribution in [3.05, 3.63) is 63.6 Å². The predicted molar refractivity (Wildman–Crippen MR) is 144 cm³/mol. The molecule has 9 nitrogen and oxygen atoms in total. The lowest BCUT2D eigenvalue weighted by Crippen LogP contribution is -2.33. The van der Waals surface area contributed by atoms with Crippen molar-refractivity contribution in [2.24, 2.45) is 0 Å². The molecular formula is C26H28ClF3N6O3. The molecule has 0 spiro atoms. The number of carbonyl (C=O) groups is 2. The highest BCUT2D eigenvalue weighted by molar-refractivity contribution is 6.33. The maximum absolute atomic E-state index is 13.9. The lowest BCUT2D eigenvalue weighted by Gasteiger charge is -2.24. The van der Waals surface area contributed by atoms with Gasteiger partial charge in [-0.2, -0.15) is 18.3 Å². The van der Waals surface area contributed by atoms with Gasteiger partial charge in [-0.25, -0.2) is 4.98 Å². The standard InChI is InChI=1S/C26H28ClF3N6O3/c1-12(2)16(26(28,29)30)11-18(36(6)23-17(27)8-7-9-31-23)24(38)33-22-19(37)10-15-14(5)34-35-21(15)20(22)25(39)32-13(3)4/h7-11,13,37H,1-6H3,(H,32,39)(H,33,38)(H,34,35)/b18-11-. The molecule has 0 aliphatic carbocycles. The Morgan fingerprint density at radius 3 is 2.49 bits per heavy atom. The Bertz CT molecular complexity index is 1490. The largest absolute Gasteiger partial charge is 0.506 e. The van der Waals surface area contributed by atoms with Gasteiger partial charge in [-0.15, -0.1) is 0 Å². The van der Waals surface area contributed by atoms with Crippen LogP contribution < -0.4 is 15.5 Å². The first-order valence-electron chi connectivity index (χ1n) is 11.8. The molecule has 0 unspecified atom stereocenters. The van der Waals surface area contributed by atoms with E-state index in [-0.39, 0.29) is 39.2 Å². The number of rotatable bonds is 7. The van der Waals surface area contributed by atoms with E-state index < -0.39 is 35.0 Å². The van der Waals surface area contributed by atoms with Crippen LogP contribution in [0.1, 0.15) is 43.7 Å². The summed E-state index contributed by atoms with van der Waals surface area (Å²) in [7, 11) is 1.32. The van der Waals surface area contributed by atoms with E-state index in [1.54, 1.807) is 20.8 Å². The molecule has 3 aromatic rings. The van der Waals surface area contributed by atoms with Crippen molar-refractivity contribution in [2.45, 2.75) is 46.8 Å². The van der Waals surface area contributed by atoms with E-state index in [0.717, 1.165) is 4.90 Å². The Balaban J connectivity index is 2.23. The number of aryl methyl sites for hydroxylation is 1. The lowest BCUT2D eigenvalue weighted by atomic mass is 10.0. The number of hydrogen-bond acceptors (Lipinski definition) is 6. The number of nitrogens with zero attached hydrogens (tertiary/aromatic N) is 3. The number of carbonyl (C=O) groups excluding carboxylic acids is 2. The van der Waals surface area contributed by atoms with Gasteiger partial charge < -0.3 is 20.6 Å². The number of pyridine rings is 1. The summed E-state index contributed by atoms with van der Waals surface area (Å²) in [5, 5.41) is 23.3. The second kappa shape index (κ2) is 11.4. The molecule has 1 aromatic carbocycles. The van der Waals surface area contributed by atoms with Crippen molar-refractivity contribution in [3.63, 3.8) is 0 Å². The first kappa shape index (κ1) is 29.5. The lowest BCUT2D eigenvalue weighted by molar-refractivity contribution is -0.113. The van der Waals surface area contributed by atoms with Crippen LogP contribution in [0, 0.1) is 6.92 Å². The predicted octanol–water partition coefficient (Wildman–Crippen LogP) is 5.62. The summed E-state index contributed by atoms with van der Waals surface area (Å²) in [4.78, 5) is 32.0. The van der Waals surface area contributed by atoms with Gasteiger partial charge in [0.1, 0.15) is 17.0 Å². The number of phenolic OH excluding ortho intramolecular Hbond substituents is 1. The first-order chi connectivity index (χ1) is 18.1. The van der Waals surface area contributed by atoms with Crippen LogP contribution in [0.15, 0.2) is 47.3 Å². The van der Waals surface area contributed by atoms with Crippen LogP contribution >= 0.6 is 11.6 Å². The molecule has 0 saturated heterocycles. The van der Waals surface area contributed by atoms with Crippen LogP contribution in [0.4, 0.5) is 24.7 Å². The number of aromatic amines is 1. The van der Waals surface area contributed by atoms with Gasteiger partial charge in [0.15, 0.2) is 5.82 Å². The molecule has 3 rings (SSSR count). The number of benzene rings is 1. The monoisotopic (exact) mass is 564 g/mol. The van der Waals surface area contributed by atoms with E-state index in [2.05, 4.69) is 25.8 Å². The van der Waals surface area contributed by atoms with Crippen molar-refractivity contribution in [1.29, 1.82) is 0 Å². The fraction of sp³-hybridized carbons (Fsp3) is 0.308. The number of aromatic hydroxyl groups is 1. The van der Waals surface area contributed by atoms with Crippen molar-refractivity contribution in [3.8, 4) is 5.75 Å². The summed E-state index contributed by atoms with van der Waals surface area (Å²) < 4.78 is 41.7. The normalized spacial score (nSPS) is 12.0. The van der Waals surface area contributed by atoms with E-state index in [4.69, 9.17) is 11.6 Å². The van der Waals surface area contributed by atoms with Crippen LogP contribution in [0.5, 0.6) is 5.75 Å². The van der Waals surface area contributed by atoms with Crippen LogP contribution in [-0.4, -0.2) is 51.4 Å². The third-order valence-corrected chi connectivity index (χ3v) is 5.97. The van der Waals surface area contributed by atoms with Gasteiger partial charge in [-0.3, -0.25) is 14.7 Å². The first-order valence-corrected chi connectivity index (χ1v) is 12.1. The minimum atomic E-state index is -4.78. The fourth-order valence-electron chi connectivity index (χ4n) is 3.82. The third-order valence-electron chi connectivity index (χ3n) is 5.68. The molecule has 208 valence electrons. The Labute approximate surface area is 227 Å². The Morgan fingerprint density at radius 2 is 1.92 bits per heavy atom. The maximum Gasteiger partial charge on any atom is 0.416 e. The average molecular weight is 565 g/mol. The minimum absolute atomic E-state index is 0.0104. The van der Waals surface area contributed by atoms with Gasteiger partial charge in [0.25, 0.3) is 11.8 Å². The smallest absolute Gasteiger partial charge is 0.416 e. The number of aromatic nitrogens is 3. The second-order valence-corrected chi connectivity index (χ2v) is 9.69. The Hall–Kier alpha value is -4.06. The van der Waals surface area contributed by atoms with E-state index in [9.17, 15) is 27.9 Å². The topological polar surface area (TPSA) is 123 Å². The van der Waals surface area contributed by atoms with E-state index in [1.807, 2.05) is 0 Å².